The lowest BCUT2D eigenvalue weighted by molar-refractivity contribution is -0.147. The molecule has 0 aliphatic rings. The maximum Gasteiger partial charge on any atom is 0.341 e. The Labute approximate surface area is 98.7 Å². The first kappa shape index (κ1) is 13.4. The summed E-state index contributed by atoms with van der Waals surface area (Å²) in [6.45, 7) is 2.46. The summed E-state index contributed by atoms with van der Waals surface area (Å²) in [5.41, 5.74) is 0.188. The van der Waals surface area contributed by atoms with Crippen molar-refractivity contribution < 1.29 is 24.1 Å². The minimum Gasteiger partial charge on any atom is -0.494 e. The van der Waals surface area contributed by atoms with Gasteiger partial charge in [0.2, 0.25) is 6.17 Å². The molecular formula is C12H15FO4. The summed E-state index contributed by atoms with van der Waals surface area (Å²) >= 11 is 0. The molecule has 0 saturated carbocycles. The van der Waals surface area contributed by atoms with Gasteiger partial charge in [-0.3, -0.25) is 0 Å². The highest BCUT2D eigenvalue weighted by atomic mass is 19.1. The standard InChI is InChI=1S/C12H15FO4/c1-2-6-17-9-5-3-4-8(7-9)11(14)10(13)12(15)16/h3-5,7,10-11,14H,2,6H2,1H3,(H,15,16). The van der Waals surface area contributed by atoms with Gasteiger partial charge in [-0.2, -0.15) is 0 Å². The van der Waals surface area contributed by atoms with Crippen molar-refractivity contribution in [3.8, 4) is 5.75 Å². The summed E-state index contributed by atoms with van der Waals surface area (Å²) in [6, 6.07) is 6.15. The topological polar surface area (TPSA) is 66.8 Å². The molecule has 0 aliphatic heterocycles. The highest BCUT2D eigenvalue weighted by molar-refractivity contribution is 5.73. The first-order valence-electron chi connectivity index (χ1n) is 5.34. The quantitative estimate of drug-likeness (QED) is 0.799. The molecule has 0 amide bonds. The number of hydrogen-bond donors (Lipinski definition) is 2. The molecule has 1 aromatic carbocycles. The monoisotopic (exact) mass is 242 g/mol. The lowest BCUT2D eigenvalue weighted by atomic mass is 10.1. The molecule has 1 aromatic rings. The summed E-state index contributed by atoms with van der Waals surface area (Å²) in [6.07, 6.45) is -3.19. The summed E-state index contributed by atoms with van der Waals surface area (Å²) < 4.78 is 18.4. The molecule has 4 nitrogen and oxygen atoms in total. The van der Waals surface area contributed by atoms with Crippen LogP contribution in [0, 0.1) is 0 Å². The number of carbonyl (C=O) groups is 1. The molecule has 2 N–H and O–H groups in total. The minimum absolute atomic E-state index is 0.188. The molecule has 2 atom stereocenters. The lowest BCUT2D eigenvalue weighted by Crippen LogP contribution is -2.23. The average molecular weight is 242 g/mol. The second-order valence-corrected chi connectivity index (χ2v) is 3.61. The molecule has 0 radical (unpaired) electrons. The van der Waals surface area contributed by atoms with Crippen LogP contribution in [-0.4, -0.2) is 29.0 Å². The number of alkyl halides is 1. The molecule has 17 heavy (non-hydrogen) atoms. The Hall–Kier alpha value is -1.62. The third kappa shape index (κ3) is 3.71. The van der Waals surface area contributed by atoms with Crippen LogP contribution in [0.1, 0.15) is 25.0 Å². The van der Waals surface area contributed by atoms with E-state index in [1.54, 1.807) is 12.1 Å². The smallest absolute Gasteiger partial charge is 0.341 e. The number of aliphatic carboxylic acids is 1. The van der Waals surface area contributed by atoms with E-state index in [-0.39, 0.29) is 5.56 Å². The number of ether oxygens (including phenoxy) is 1. The van der Waals surface area contributed by atoms with Crippen LogP contribution >= 0.6 is 0 Å². The lowest BCUT2D eigenvalue weighted by Gasteiger charge is -2.13. The molecule has 2 unspecified atom stereocenters. The predicted octanol–water partition coefficient (Wildman–Crippen LogP) is 1.93. The minimum atomic E-state index is -2.34. The summed E-state index contributed by atoms with van der Waals surface area (Å²) in [7, 11) is 0. The summed E-state index contributed by atoms with van der Waals surface area (Å²) in [5.74, 6) is -1.20. The fourth-order valence-corrected chi connectivity index (χ4v) is 1.31. The Morgan fingerprint density at radius 3 is 2.82 bits per heavy atom. The molecule has 0 aliphatic carbocycles. The van der Waals surface area contributed by atoms with Gasteiger partial charge in [0.15, 0.2) is 0 Å². The second-order valence-electron chi connectivity index (χ2n) is 3.61. The van der Waals surface area contributed by atoms with E-state index in [0.29, 0.717) is 12.4 Å². The van der Waals surface area contributed by atoms with E-state index in [0.717, 1.165) is 6.42 Å². The Morgan fingerprint density at radius 2 is 2.24 bits per heavy atom. The van der Waals surface area contributed by atoms with Crippen molar-refractivity contribution in [1.82, 2.24) is 0 Å². The van der Waals surface area contributed by atoms with Gasteiger partial charge < -0.3 is 14.9 Å². The number of benzene rings is 1. The number of hydrogen-bond acceptors (Lipinski definition) is 3. The van der Waals surface area contributed by atoms with Crippen LogP contribution in [0.4, 0.5) is 4.39 Å². The Balaban J connectivity index is 2.80. The van der Waals surface area contributed by atoms with Crippen molar-refractivity contribution in [2.75, 3.05) is 6.61 Å². The molecule has 1 rings (SSSR count). The third-order valence-corrected chi connectivity index (χ3v) is 2.19. The van der Waals surface area contributed by atoms with Crippen LogP contribution < -0.4 is 4.74 Å². The number of rotatable bonds is 6. The van der Waals surface area contributed by atoms with E-state index in [9.17, 15) is 14.3 Å². The van der Waals surface area contributed by atoms with E-state index in [4.69, 9.17) is 9.84 Å². The van der Waals surface area contributed by atoms with Crippen LogP contribution in [0.2, 0.25) is 0 Å². The molecule has 0 heterocycles. The largest absolute Gasteiger partial charge is 0.494 e. The van der Waals surface area contributed by atoms with Crippen LogP contribution in [0.5, 0.6) is 5.75 Å². The number of aliphatic hydroxyl groups excluding tert-OH is 1. The molecule has 0 spiro atoms. The van der Waals surface area contributed by atoms with Gasteiger partial charge in [0.05, 0.1) is 6.61 Å². The van der Waals surface area contributed by atoms with Gasteiger partial charge in [0.25, 0.3) is 0 Å². The van der Waals surface area contributed by atoms with Crippen LogP contribution in [0.3, 0.4) is 0 Å². The molecule has 94 valence electrons. The van der Waals surface area contributed by atoms with Crippen LogP contribution in [0.15, 0.2) is 24.3 Å². The normalized spacial score (nSPS) is 14.1. The maximum atomic E-state index is 13.1. The van der Waals surface area contributed by atoms with E-state index in [1.807, 2.05) is 6.92 Å². The van der Waals surface area contributed by atoms with Crippen LogP contribution in [-0.2, 0) is 4.79 Å². The Morgan fingerprint density at radius 1 is 1.53 bits per heavy atom. The molecule has 0 bridgehead atoms. The Kier molecular flexibility index (Phi) is 4.90. The molecular weight excluding hydrogens is 227 g/mol. The SMILES string of the molecule is CCCOc1cccc(C(O)C(F)C(=O)O)c1. The zero-order valence-electron chi connectivity index (χ0n) is 9.47. The van der Waals surface area contributed by atoms with Gasteiger partial charge in [0, 0.05) is 0 Å². The molecule has 0 fully saturated rings. The highest BCUT2D eigenvalue weighted by Crippen LogP contribution is 2.23. The third-order valence-electron chi connectivity index (χ3n) is 2.19. The van der Waals surface area contributed by atoms with Gasteiger partial charge in [-0.15, -0.1) is 0 Å². The number of halogens is 1. The fourth-order valence-electron chi connectivity index (χ4n) is 1.31. The van der Waals surface area contributed by atoms with Crippen molar-refractivity contribution >= 4 is 5.97 Å². The van der Waals surface area contributed by atoms with Crippen molar-refractivity contribution in [1.29, 1.82) is 0 Å². The van der Waals surface area contributed by atoms with Gasteiger partial charge in [-0.05, 0) is 24.1 Å². The average Bonchev–Trinajstić information content (AvgIpc) is 2.34. The van der Waals surface area contributed by atoms with Crippen LogP contribution in [0.25, 0.3) is 0 Å². The molecule has 0 aromatic heterocycles. The van der Waals surface area contributed by atoms with Crippen molar-refractivity contribution in [2.45, 2.75) is 25.6 Å². The van der Waals surface area contributed by atoms with E-state index < -0.39 is 18.2 Å². The van der Waals surface area contributed by atoms with Gasteiger partial charge in [0.1, 0.15) is 11.9 Å². The van der Waals surface area contributed by atoms with Crippen molar-refractivity contribution in [2.24, 2.45) is 0 Å². The van der Waals surface area contributed by atoms with Gasteiger partial charge in [-0.1, -0.05) is 19.1 Å². The maximum absolute atomic E-state index is 13.1. The summed E-state index contributed by atoms with van der Waals surface area (Å²) in [5, 5.41) is 18.0. The van der Waals surface area contributed by atoms with Crippen molar-refractivity contribution in [3.63, 3.8) is 0 Å². The van der Waals surface area contributed by atoms with E-state index >= 15 is 0 Å². The second kappa shape index (κ2) is 6.20. The summed E-state index contributed by atoms with van der Waals surface area (Å²) in [4.78, 5) is 10.4. The Bertz CT molecular complexity index is 381. The van der Waals surface area contributed by atoms with Gasteiger partial charge in [-0.25, -0.2) is 9.18 Å². The number of aliphatic hydroxyl groups is 1. The van der Waals surface area contributed by atoms with E-state index in [2.05, 4.69) is 0 Å². The molecule has 5 heteroatoms. The number of carboxylic acid groups (broad SMARTS) is 1. The fraction of sp³-hybridized carbons (Fsp3) is 0.417. The number of carboxylic acids is 1. The van der Waals surface area contributed by atoms with Gasteiger partial charge >= 0.3 is 5.97 Å². The van der Waals surface area contributed by atoms with E-state index in [1.165, 1.54) is 12.1 Å². The first-order chi connectivity index (χ1) is 8.06. The zero-order valence-corrected chi connectivity index (χ0v) is 9.47. The highest BCUT2D eigenvalue weighted by Gasteiger charge is 2.27. The predicted molar refractivity (Wildman–Crippen MR) is 59.7 cm³/mol. The zero-order chi connectivity index (χ0) is 12.8. The van der Waals surface area contributed by atoms with Crippen molar-refractivity contribution in [3.05, 3.63) is 29.8 Å². The molecule has 0 saturated heterocycles. The first-order valence-corrected chi connectivity index (χ1v) is 5.34.